The summed E-state index contributed by atoms with van der Waals surface area (Å²) in [5.74, 6) is 0. The van der Waals surface area contributed by atoms with Crippen molar-refractivity contribution in [3.8, 4) is 6.07 Å². The summed E-state index contributed by atoms with van der Waals surface area (Å²) in [4.78, 5) is 0.507. The molecule has 1 fully saturated rings. The van der Waals surface area contributed by atoms with Gasteiger partial charge in [0.1, 0.15) is 6.10 Å². The van der Waals surface area contributed by atoms with Crippen molar-refractivity contribution in [2.75, 3.05) is 24.3 Å². The zero-order valence-corrected chi connectivity index (χ0v) is 14.3. The average Bonchev–Trinajstić information content (AvgIpc) is 2.95. The lowest BCUT2D eigenvalue weighted by Crippen LogP contribution is -2.42. The molecule has 0 N–H and O–H groups in total. The van der Waals surface area contributed by atoms with Gasteiger partial charge in [-0.25, -0.2) is 0 Å². The maximum Gasteiger partial charge on any atom is 0.433 e. The van der Waals surface area contributed by atoms with E-state index in [0.29, 0.717) is 17.2 Å². The lowest BCUT2D eigenvalue weighted by Gasteiger charge is -2.27. The zero-order valence-electron chi connectivity index (χ0n) is 13.5. The Morgan fingerprint density at radius 1 is 1.30 bits per heavy atom. The van der Waals surface area contributed by atoms with Crippen LogP contribution in [0.5, 0.6) is 0 Å². The van der Waals surface area contributed by atoms with E-state index in [1.165, 1.54) is 6.07 Å². The van der Waals surface area contributed by atoms with Crippen LogP contribution in [0.4, 0.5) is 32.0 Å². The molecule has 2 rings (SSSR count). The molecule has 1 aliphatic rings. The molecule has 13 heteroatoms. The Balaban J connectivity index is 2.38. The predicted octanol–water partition coefficient (Wildman–Crippen LogP) is 2.65. The van der Waals surface area contributed by atoms with Gasteiger partial charge in [-0.2, -0.15) is 40.0 Å². The fourth-order valence-corrected chi connectivity index (χ4v) is 2.84. The number of hydrogen-bond acceptors (Lipinski definition) is 6. The summed E-state index contributed by atoms with van der Waals surface area (Å²) < 4.78 is 110. The maximum atomic E-state index is 13.2. The molecule has 1 aromatic carbocycles. The van der Waals surface area contributed by atoms with Crippen LogP contribution < -0.4 is 4.90 Å². The molecule has 0 saturated carbocycles. The second kappa shape index (κ2) is 7.17. The number of halogens is 6. The normalized spacial score (nSPS) is 21.3. The molecule has 1 saturated heterocycles. The van der Waals surface area contributed by atoms with Crippen LogP contribution in [0.1, 0.15) is 11.1 Å². The van der Waals surface area contributed by atoms with Crippen LogP contribution >= 0.6 is 0 Å². The number of hydrogen-bond donors (Lipinski definition) is 0. The van der Waals surface area contributed by atoms with E-state index in [4.69, 9.17) is 10.00 Å². The van der Waals surface area contributed by atoms with Crippen LogP contribution in [0.25, 0.3) is 0 Å². The van der Waals surface area contributed by atoms with E-state index in [0.717, 1.165) is 12.1 Å². The number of anilines is 1. The molecule has 1 heterocycles. The smallest absolute Gasteiger partial charge is 0.342 e. The van der Waals surface area contributed by atoms with Crippen molar-refractivity contribution in [2.45, 2.75) is 24.7 Å². The highest BCUT2D eigenvalue weighted by Gasteiger charge is 2.51. The zero-order chi connectivity index (χ0) is 20.6. The predicted molar refractivity (Wildman–Crippen MR) is 79.0 cm³/mol. The molecule has 1 unspecified atom stereocenters. The number of ether oxygens (including phenoxy) is 1. The van der Waals surface area contributed by atoms with Crippen molar-refractivity contribution >= 4 is 15.8 Å². The first-order chi connectivity index (χ1) is 12.2. The Labute approximate surface area is 150 Å². The van der Waals surface area contributed by atoms with E-state index in [1.54, 1.807) is 0 Å². The SMILES string of the molecule is CS(=O)(=O)OCC1CN(c2ccc(C#N)c(C(F)(F)F)c2)[C@H](C(F)(F)F)O1. The van der Waals surface area contributed by atoms with Gasteiger partial charge in [-0.15, -0.1) is 0 Å². The number of nitrogens with zero attached hydrogens (tertiary/aromatic N) is 2. The van der Waals surface area contributed by atoms with Crippen LogP contribution in [0.2, 0.25) is 0 Å². The Morgan fingerprint density at radius 2 is 1.93 bits per heavy atom. The topological polar surface area (TPSA) is 79.6 Å². The minimum atomic E-state index is -4.97. The summed E-state index contributed by atoms with van der Waals surface area (Å²) in [6, 6.07) is 3.43. The summed E-state index contributed by atoms with van der Waals surface area (Å²) in [5, 5.41) is 8.77. The molecular weight excluding hydrogens is 406 g/mol. The van der Waals surface area contributed by atoms with Gasteiger partial charge in [0.15, 0.2) is 0 Å². The molecule has 6 nitrogen and oxygen atoms in total. The molecule has 0 aromatic heterocycles. The van der Waals surface area contributed by atoms with E-state index in [2.05, 4.69) is 4.18 Å². The summed E-state index contributed by atoms with van der Waals surface area (Å²) in [5.41, 5.74) is -2.61. The van der Waals surface area contributed by atoms with Crippen molar-refractivity contribution in [2.24, 2.45) is 0 Å². The number of benzene rings is 1. The largest absolute Gasteiger partial charge is 0.433 e. The van der Waals surface area contributed by atoms with E-state index >= 15 is 0 Å². The maximum absolute atomic E-state index is 13.2. The molecule has 150 valence electrons. The number of alkyl halides is 6. The molecular formula is C14H12F6N2O4S. The first-order valence-electron chi connectivity index (χ1n) is 7.17. The van der Waals surface area contributed by atoms with E-state index in [1.807, 2.05) is 0 Å². The van der Waals surface area contributed by atoms with Gasteiger partial charge in [-0.1, -0.05) is 0 Å². The van der Waals surface area contributed by atoms with Crippen LogP contribution in [-0.2, 0) is 25.2 Å². The lowest BCUT2D eigenvalue weighted by molar-refractivity contribution is -0.215. The summed E-state index contributed by atoms with van der Waals surface area (Å²) in [7, 11) is -3.95. The molecule has 0 radical (unpaired) electrons. The van der Waals surface area contributed by atoms with Crippen LogP contribution in [0.15, 0.2) is 18.2 Å². The van der Waals surface area contributed by atoms with Crippen LogP contribution in [0.3, 0.4) is 0 Å². The van der Waals surface area contributed by atoms with Gasteiger partial charge in [0.25, 0.3) is 10.1 Å². The molecule has 27 heavy (non-hydrogen) atoms. The van der Waals surface area contributed by atoms with Gasteiger partial charge in [0.05, 0.1) is 30.1 Å². The Hall–Kier alpha value is -2.04. The minimum Gasteiger partial charge on any atom is -0.342 e. The molecule has 1 aromatic rings. The molecule has 0 aliphatic carbocycles. The minimum absolute atomic E-state index is 0.417. The molecule has 1 aliphatic heterocycles. The number of rotatable bonds is 4. The standard InChI is InChI=1S/C14H12F6N2O4S/c1-27(23,24)25-7-10-6-22(12(26-10)14(18,19)20)9-3-2-8(5-21)11(4-9)13(15,16)17/h2-4,10,12H,6-7H2,1H3/t10?,12-/m0/s1. The van der Waals surface area contributed by atoms with Crippen molar-refractivity contribution in [1.82, 2.24) is 0 Å². The highest BCUT2D eigenvalue weighted by molar-refractivity contribution is 7.85. The van der Waals surface area contributed by atoms with Crippen molar-refractivity contribution < 1.29 is 43.7 Å². The molecule has 0 spiro atoms. The highest BCUT2D eigenvalue weighted by Crippen LogP contribution is 2.39. The van der Waals surface area contributed by atoms with Gasteiger partial charge < -0.3 is 9.64 Å². The van der Waals surface area contributed by atoms with Crippen molar-refractivity contribution in [1.29, 1.82) is 5.26 Å². The highest BCUT2D eigenvalue weighted by atomic mass is 32.2. The van der Waals surface area contributed by atoms with E-state index < -0.39 is 64.8 Å². The van der Waals surface area contributed by atoms with E-state index in [-0.39, 0.29) is 0 Å². The number of nitriles is 1. The average molecular weight is 418 g/mol. The summed E-state index contributed by atoms with van der Waals surface area (Å²) in [6.07, 6.45) is -13.2. The van der Waals surface area contributed by atoms with Gasteiger partial charge in [-0.05, 0) is 18.2 Å². The molecule has 2 atom stereocenters. The van der Waals surface area contributed by atoms with Crippen LogP contribution in [-0.4, -0.2) is 46.3 Å². The first kappa shape index (κ1) is 21.3. The van der Waals surface area contributed by atoms with Crippen molar-refractivity contribution in [3.63, 3.8) is 0 Å². The van der Waals surface area contributed by atoms with Crippen LogP contribution in [0, 0.1) is 11.3 Å². The second-order valence-electron chi connectivity index (χ2n) is 5.63. The Morgan fingerprint density at radius 3 is 2.41 bits per heavy atom. The van der Waals surface area contributed by atoms with E-state index in [9.17, 15) is 34.8 Å². The Kier molecular flexibility index (Phi) is 5.65. The third-order valence-electron chi connectivity index (χ3n) is 3.51. The third kappa shape index (κ3) is 5.24. The molecule has 0 amide bonds. The fraction of sp³-hybridized carbons (Fsp3) is 0.500. The quantitative estimate of drug-likeness (QED) is 0.553. The lowest BCUT2D eigenvalue weighted by atomic mass is 10.1. The Bertz CT molecular complexity index is 847. The van der Waals surface area contributed by atoms with Gasteiger partial charge in [0.2, 0.25) is 6.23 Å². The summed E-state index contributed by atoms with van der Waals surface area (Å²) >= 11 is 0. The summed E-state index contributed by atoms with van der Waals surface area (Å²) in [6.45, 7) is -1.30. The van der Waals surface area contributed by atoms with Gasteiger partial charge in [-0.3, -0.25) is 4.18 Å². The second-order valence-corrected chi connectivity index (χ2v) is 7.28. The van der Waals surface area contributed by atoms with Gasteiger partial charge in [0, 0.05) is 12.2 Å². The fourth-order valence-electron chi connectivity index (χ4n) is 2.44. The first-order valence-corrected chi connectivity index (χ1v) is 8.98. The molecule has 0 bridgehead atoms. The third-order valence-corrected chi connectivity index (χ3v) is 4.08. The van der Waals surface area contributed by atoms with Crippen molar-refractivity contribution in [3.05, 3.63) is 29.3 Å². The monoisotopic (exact) mass is 418 g/mol. The van der Waals surface area contributed by atoms with Gasteiger partial charge >= 0.3 is 12.4 Å².